The van der Waals surface area contributed by atoms with Gasteiger partial charge in [-0.05, 0) is 32.6 Å². The van der Waals surface area contributed by atoms with Gasteiger partial charge < -0.3 is 10.6 Å². The van der Waals surface area contributed by atoms with Crippen LogP contribution in [0.2, 0.25) is 0 Å². The van der Waals surface area contributed by atoms with Gasteiger partial charge in [0.2, 0.25) is 5.91 Å². The predicted octanol–water partition coefficient (Wildman–Crippen LogP) is 2.32. The van der Waals surface area contributed by atoms with E-state index in [4.69, 9.17) is 0 Å². The standard InChI is InChI=1S/C13H28N2O/c1-7-13(5,6)10-14-11(16)8-9-15-12(2,3)4/h15H,7-10H2,1-6H3,(H,14,16). The van der Waals surface area contributed by atoms with Crippen LogP contribution in [0.5, 0.6) is 0 Å². The highest BCUT2D eigenvalue weighted by atomic mass is 16.1. The molecule has 0 saturated carbocycles. The Morgan fingerprint density at radius 2 is 1.69 bits per heavy atom. The molecular formula is C13H28N2O. The van der Waals surface area contributed by atoms with Crippen LogP contribution in [-0.4, -0.2) is 24.5 Å². The fourth-order valence-electron chi connectivity index (χ4n) is 1.10. The highest BCUT2D eigenvalue weighted by Gasteiger charge is 2.16. The number of hydrogen-bond acceptors (Lipinski definition) is 2. The fourth-order valence-corrected chi connectivity index (χ4v) is 1.10. The molecule has 1 amide bonds. The van der Waals surface area contributed by atoms with Gasteiger partial charge in [0.05, 0.1) is 0 Å². The zero-order valence-electron chi connectivity index (χ0n) is 11.7. The van der Waals surface area contributed by atoms with Gasteiger partial charge in [-0.25, -0.2) is 0 Å². The summed E-state index contributed by atoms with van der Waals surface area (Å²) in [6.07, 6.45) is 1.63. The molecule has 3 nitrogen and oxygen atoms in total. The molecular weight excluding hydrogens is 200 g/mol. The van der Waals surface area contributed by atoms with Crippen LogP contribution in [0, 0.1) is 5.41 Å². The van der Waals surface area contributed by atoms with Gasteiger partial charge in [0.1, 0.15) is 0 Å². The SMILES string of the molecule is CCC(C)(C)CNC(=O)CCNC(C)(C)C. The van der Waals surface area contributed by atoms with E-state index < -0.39 is 0 Å². The summed E-state index contributed by atoms with van der Waals surface area (Å²) in [5, 5.41) is 6.28. The second-order valence-electron chi connectivity index (χ2n) is 6.22. The van der Waals surface area contributed by atoms with Crippen molar-refractivity contribution in [2.24, 2.45) is 5.41 Å². The molecule has 0 aliphatic carbocycles. The molecule has 0 aromatic rings. The van der Waals surface area contributed by atoms with Crippen LogP contribution in [0.4, 0.5) is 0 Å². The van der Waals surface area contributed by atoms with Gasteiger partial charge in [0, 0.05) is 25.0 Å². The van der Waals surface area contributed by atoms with Gasteiger partial charge in [0.25, 0.3) is 0 Å². The Hall–Kier alpha value is -0.570. The number of carbonyl (C=O) groups excluding carboxylic acids is 1. The van der Waals surface area contributed by atoms with E-state index in [1.54, 1.807) is 0 Å². The summed E-state index contributed by atoms with van der Waals surface area (Å²) in [6.45, 7) is 14.3. The minimum absolute atomic E-state index is 0.0863. The van der Waals surface area contributed by atoms with Crippen LogP contribution in [0.15, 0.2) is 0 Å². The molecule has 0 bridgehead atoms. The van der Waals surface area contributed by atoms with Crippen molar-refractivity contribution in [2.75, 3.05) is 13.1 Å². The largest absolute Gasteiger partial charge is 0.356 e. The molecule has 0 aliphatic rings. The minimum Gasteiger partial charge on any atom is -0.356 e. The minimum atomic E-state index is 0.0863. The lowest BCUT2D eigenvalue weighted by Gasteiger charge is -2.23. The first-order valence-corrected chi connectivity index (χ1v) is 6.18. The molecule has 0 fully saturated rings. The summed E-state index contributed by atoms with van der Waals surface area (Å²) < 4.78 is 0. The molecule has 16 heavy (non-hydrogen) atoms. The van der Waals surface area contributed by atoms with Crippen molar-refractivity contribution in [2.45, 2.75) is 59.9 Å². The molecule has 0 saturated heterocycles. The van der Waals surface area contributed by atoms with E-state index in [0.29, 0.717) is 6.42 Å². The quantitative estimate of drug-likeness (QED) is 0.732. The Kier molecular flexibility index (Phi) is 6.01. The maximum atomic E-state index is 11.5. The number of carbonyl (C=O) groups is 1. The number of hydrogen-bond donors (Lipinski definition) is 2. The van der Waals surface area contributed by atoms with Crippen molar-refractivity contribution in [1.29, 1.82) is 0 Å². The smallest absolute Gasteiger partial charge is 0.221 e. The summed E-state index contributed by atoms with van der Waals surface area (Å²) >= 11 is 0. The Morgan fingerprint density at radius 3 is 2.12 bits per heavy atom. The summed E-state index contributed by atoms with van der Waals surface area (Å²) in [4.78, 5) is 11.5. The molecule has 0 heterocycles. The third-order valence-corrected chi connectivity index (χ3v) is 2.73. The molecule has 0 aromatic carbocycles. The van der Waals surface area contributed by atoms with Gasteiger partial charge in [-0.2, -0.15) is 0 Å². The second-order valence-corrected chi connectivity index (χ2v) is 6.22. The van der Waals surface area contributed by atoms with Gasteiger partial charge in [-0.1, -0.05) is 20.8 Å². The fraction of sp³-hybridized carbons (Fsp3) is 0.923. The topological polar surface area (TPSA) is 41.1 Å². The van der Waals surface area contributed by atoms with E-state index in [2.05, 4.69) is 52.2 Å². The van der Waals surface area contributed by atoms with Crippen molar-refractivity contribution < 1.29 is 4.79 Å². The van der Waals surface area contributed by atoms with Crippen molar-refractivity contribution in [1.82, 2.24) is 10.6 Å². The van der Waals surface area contributed by atoms with Crippen molar-refractivity contribution in [3.63, 3.8) is 0 Å². The normalized spacial score (nSPS) is 12.6. The van der Waals surface area contributed by atoms with Crippen LogP contribution >= 0.6 is 0 Å². The molecule has 0 unspecified atom stereocenters. The third-order valence-electron chi connectivity index (χ3n) is 2.73. The lowest BCUT2D eigenvalue weighted by molar-refractivity contribution is -0.121. The van der Waals surface area contributed by atoms with Gasteiger partial charge in [-0.15, -0.1) is 0 Å². The number of rotatable bonds is 6. The van der Waals surface area contributed by atoms with E-state index in [-0.39, 0.29) is 16.9 Å². The van der Waals surface area contributed by atoms with Crippen LogP contribution in [0.1, 0.15) is 54.4 Å². The van der Waals surface area contributed by atoms with E-state index in [1.165, 1.54) is 0 Å². The van der Waals surface area contributed by atoms with E-state index >= 15 is 0 Å². The Balaban J connectivity index is 3.68. The molecule has 0 atom stereocenters. The number of nitrogens with one attached hydrogen (secondary N) is 2. The monoisotopic (exact) mass is 228 g/mol. The van der Waals surface area contributed by atoms with Gasteiger partial charge in [0.15, 0.2) is 0 Å². The first-order chi connectivity index (χ1) is 7.16. The summed E-state index contributed by atoms with van der Waals surface area (Å²) in [5.74, 6) is 0.137. The maximum absolute atomic E-state index is 11.5. The van der Waals surface area contributed by atoms with Crippen molar-refractivity contribution >= 4 is 5.91 Å². The molecule has 0 radical (unpaired) electrons. The Bertz CT molecular complexity index is 216. The summed E-state index contributed by atoms with van der Waals surface area (Å²) in [7, 11) is 0. The summed E-state index contributed by atoms with van der Waals surface area (Å²) in [5.41, 5.74) is 0.288. The summed E-state index contributed by atoms with van der Waals surface area (Å²) in [6, 6.07) is 0. The maximum Gasteiger partial charge on any atom is 0.221 e. The molecule has 0 rings (SSSR count). The molecule has 0 spiro atoms. The van der Waals surface area contributed by atoms with Crippen molar-refractivity contribution in [3.05, 3.63) is 0 Å². The highest BCUT2D eigenvalue weighted by Crippen LogP contribution is 2.17. The molecule has 0 aromatic heterocycles. The molecule has 3 heteroatoms. The zero-order chi connectivity index (χ0) is 12.8. The first kappa shape index (κ1) is 15.4. The van der Waals surface area contributed by atoms with Crippen LogP contribution < -0.4 is 10.6 Å². The predicted molar refractivity (Wildman–Crippen MR) is 69.5 cm³/mol. The number of amides is 1. The second kappa shape index (κ2) is 6.24. The van der Waals surface area contributed by atoms with Crippen LogP contribution in [0.3, 0.4) is 0 Å². The lowest BCUT2D eigenvalue weighted by atomic mass is 9.90. The average Bonchev–Trinajstić information content (AvgIpc) is 2.13. The van der Waals surface area contributed by atoms with Gasteiger partial charge >= 0.3 is 0 Å². The third kappa shape index (κ3) is 8.72. The van der Waals surface area contributed by atoms with E-state index in [9.17, 15) is 4.79 Å². The van der Waals surface area contributed by atoms with E-state index in [0.717, 1.165) is 19.5 Å². The van der Waals surface area contributed by atoms with E-state index in [1.807, 2.05) is 0 Å². The lowest BCUT2D eigenvalue weighted by Crippen LogP contribution is -2.40. The zero-order valence-corrected chi connectivity index (χ0v) is 11.7. The highest BCUT2D eigenvalue weighted by molar-refractivity contribution is 5.76. The van der Waals surface area contributed by atoms with Crippen LogP contribution in [0.25, 0.3) is 0 Å². The van der Waals surface area contributed by atoms with Crippen LogP contribution in [-0.2, 0) is 4.79 Å². The molecule has 96 valence electrons. The Labute approximate surface area is 100 Å². The van der Waals surface area contributed by atoms with Gasteiger partial charge in [-0.3, -0.25) is 4.79 Å². The van der Waals surface area contributed by atoms with Crippen molar-refractivity contribution in [3.8, 4) is 0 Å². The molecule has 2 N–H and O–H groups in total. The first-order valence-electron chi connectivity index (χ1n) is 6.18. The molecule has 0 aliphatic heterocycles. The average molecular weight is 228 g/mol. The Morgan fingerprint density at radius 1 is 1.12 bits per heavy atom.